The average molecular weight is 382 g/mol. The normalized spacial score (nSPS) is 10.5. The van der Waals surface area contributed by atoms with Crippen LogP contribution in [0.2, 0.25) is 0 Å². The number of nitrogen functional groups attached to an aromatic ring is 1. The van der Waals surface area contributed by atoms with E-state index in [0.29, 0.717) is 23.9 Å². The molecule has 0 fully saturated rings. The lowest BCUT2D eigenvalue weighted by Crippen LogP contribution is -2.22. The van der Waals surface area contributed by atoms with Crippen LogP contribution in [0.25, 0.3) is 0 Å². The molecule has 2 aromatic carbocycles. The Bertz CT molecular complexity index is 1050. The van der Waals surface area contributed by atoms with Crippen molar-refractivity contribution in [3.05, 3.63) is 97.0 Å². The summed E-state index contributed by atoms with van der Waals surface area (Å²) in [4.78, 5) is 17.4. The maximum atomic E-state index is 6.58. The van der Waals surface area contributed by atoms with Gasteiger partial charge in [-0.2, -0.15) is 0 Å². The van der Waals surface area contributed by atoms with Crippen molar-refractivity contribution in [2.24, 2.45) is 0 Å². The molecule has 0 saturated heterocycles. The molecule has 2 heterocycles. The second-order valence-corrected chi connectivity index (χ2v) is 6.59. The van der Waals surface area contributed by atoms with Crippen molar-refractivity contribution in [3.63, 3.8) is 0 Å². The highest BCUT2D eigenvalue weighted by Crippen LogP contribution is 2.35. The zero-order valence-corrected chi connectivity index (χ0v) is 16.2. The van der Waals surface area contributed by atoms with Crippen molar-refractivity contribution in [2.45, 2.75) is 6.54 Å². The molecule has 0 amide bonds. The van der Waals surface area contributed by atoms with Crippen molar-refractivity contribution in [2.75, 3.05) is 22.6 Å². The molecule has 2 aromatic heterocycles. The van der Waals surface area contributed by atoms with E-state index in [1.807, 2.05) is 83.6 Å². The zero-order chi connectivity index (χ0) is 20.1. The van der Waals surface area contributed by atoms with Gasteiger partial charge in [0.2, 0.25) is 0 Å². The molecule has 0 bridgehead atoms. The first-order valence-corrected chi connectivity index (χ1v) is 9.36. The van der Waals surface area contributed by atoms with Crippen LogP contribution in [0.4, 0.5) is 28.8 Å². The third-order valence-corrected chi connectivity index (χ3v) is 4.67. The summed E-state index contributed by atoms with van der Waals surface area (Å²) in [7, 11) is 1.94. The molecule has 0 unspecified atom stereocenters. The summed E-state index contributed by atoms with van der Waals surface area (Å²) in [5.41, 5.74) is 9.21. The number of aromatic nitrogens is 3. The fraction of sp³-hybridized carbons (Fsp3) is 0.0870. The Labute approximate surface area is 170 Å². The Kier molecular flexibility index (Phi) is 5.33. The summed E-state index contributed by atoms with van der Waals surface area (Å²) in [5.74, 6) is 2.05. The monoisotopic (exact) mass is 382 g/mol. The highest BCUT2D eigenvalue weighted by atomic mass is 15.3. The number of hydrogen-bond donors (Lipinski definition) is 1. The number of nitrogens with zero attached hydrogens (tertiary/aromatic N) is 5. The number of para-hydroxylation sites is 1. The molecule has 144 valence electrons. The number of hydrogen-bond acceptors (Lipinski definition) is 6. The van der Waals surface area contributed by atoms with Crippen LogP contribution < -0.4 is 15.5 Å². The summed E-state index contributed by atoms with van der Waals surface area (Å²) < 4.78 is 0. The molecule has 0 aliphatic rings. The molecule has 0 aliphatic heterocycles. The maximum Gasteiger partial charge on any atom is 0.163 e. The second-order valence-electron chi connectivity index (χ2n) is 6.59. The van der Waals surface area contributed by atoms with Crippen molar-refractivity contribution in [1.29, 1.82) is 0 Å². The molecule has 4 rings (SSSR count). The Balaban J connectivity index is 1.77. The van der Waals surface area contributed by atoms with Crippen LogP contribution in [0.15, 0.2) is 91.4 Å². The SMILES string of the molecule is CN(c1ccccc1)c1ncnc(N(Cc2ccccc2)c2ccccn2)c1N. The lowest BCUT2D eigenvalue weighted by Gasteiger charge is -2.27. The largest absolute Gasteiger partial charge is 0.393 e. The molecule has 0 atom stereocenters. The van der Waals surface area contributed by atoms with Crippen LogP contribution in [-0.4, -0.2) is 22.0 Å². The van der Waals surface area contributed by atoms with E-state index in [2.05, 4.69) is 27.1 Å². The van der Waals surface area contributed by atoms with Crippen molar-refractivity contribution >= 4 is 28.8 Å². The van der Waals surface area contributed by atoms with Crippen LogP contribution in [0.1, 0.15) is 5.56 Å². The third-order valence-electron chi connectivity index (χ3n) is 4.67. The number of benzene rings is 2. The van der Waals surface area contributed by atoms with E-state index < -0.39 is 0 Å². The Morgan fingerprint density at radius 2 is 1.41 bits per heavy atom. The number of rotatable bonds is 6. The number of anilines is 5. The number of pyridine rings is 1. The average Bonchev–Trinajstić information content (AvgIpc) is 2.79. The summed E-state index contributed by atoms with van der Waals surface area (Å²) in [5, 5.41) is 0. The Morgan fingerprint density at radius 3 is 2.10 bits per heavy atom. The van der Waals surface area contributed by atoms with Crippen LogP contribution in [-0.2, 0) is 6.54 Å². The lowest BCUT2D eigenvalue weighted by atomic mass is 10.2. The van der Waals surface area contributed by atoms with E-state index in [4.69, 9.17) is 5.73 Å². The standard InChI is InChI=1S/C23H22N6/c1-28(19-12-6-3-7-13-19)22-21(24)23(27-17-26-22)29(20-14-8-9-15-25-20)16-18-10-4-2-5-11-18/h2-15,17H,16,24H2,1H3. The second kappa shape index (κ2) is 8.39. The quantitative estimate of drug-likeness (QED) is 0.527. The Morgan fingerprint density at radius 1 is 0.759 bits per heavy atom. The summed E-state index contributed by atoms with van der Waals surface area (Å²) in [6.07, 6.45) is 3.31. The van der Waals surface area contributed by atoms with Gasteiger partial charge in [0, 0.05) is 18.9 Å². The van der Waals surface area contributed by atoms with Gasteiger partial charge in [-0.15, -0.1) is 0 Å². The van der Waals surface area contributed by atoms with E-state index >= 15 is 0 Å². The smallest absolute Gasteiger partial charge is 0.163 e. The first-order valence-electron chi connectivity index (χ1n) is 9.36. The van der Waals surface area contributed by atoms with Crippen LogP contribution in [0.5, 0.6) is 0 Å². The van der Waals surface area contributed by atoms with Gasteiger partial charge in [0.15, 0.2) is 11.6 Å². The number of nitrogens with two attached hydrogens (primary N) is 1. The minimum Gasteiger partial charge on any atom is -0.393 e. The van der Waals surface area contributed by atoms with E-state index in [-0.39, 0.29) is 0 Å². The van der Waals surface area contributed by atoms with Gasteiger partial charge in [0.1, 0.15) is 17.8 Å². The molecule has 0 radical (unpaired) electrons. The van der Waals surface area contributed by atoms with E-state index in [1.54, 1.807) is 12.5 Å². The lowest BCUT2D eigenvalue weighted by molar-refractivity contribution is 0.915. The highest BCUT2D eigenvalue weighted by Gasteiger charge is 2.20. The van der Waals surface area contributed by atoms with Gasteiger partial charge >= 0.3 is 0 Å². The van der Waals surface area contributed by atoms with Crippen molar-refractivity contribution < 1.29 is 0 Å². The molecule has 29 heavy (non-hydrogen) atoms. The van der Waals surface area contributed by atoms with Gasteiger partial charge in [0.25, 0.3) is 0 Å². The predicted molar refractivity (Wildman–Crippen MR) is 117 cm³/mol. The molecule has 6 heteroatoms. The molecule has 0 aliphatic carbocycles. The molecule has 0 saturated carbocycles. The van der Waals surface area contributed by atoms with Crippen molar-refractivity contribution in [3.8, 4) is 0 Å². The molecule has 0 spiro atoms. The molecule has 2 N–H and O–H groups in total. The first-order chi connectivity index (χ1) is 14.2. The van der Waals surface area contributed by atoms with Gasteiger partial charge in [0.05, 0.1) is 6.54 Å². The summed E-state index contributed by atoms with van der Waals surface area (Å²) in [6.45, 7) is 0.591. The van der Waals surface area contributed by atoms with Gasteiger partial charge in [-0.3, -0.25) is 0 Å². The fourth-order valence-corrected chi connectivity index (χ4v) is 3.18. The van der Waals surface area contributed by atoms with E-state index in [0.717, 1.165) is 17.1 Å². The fourth-order valence-electron chi connectivity index (χ4n) is 3.18. The van der Waals surface area contributed by atoms with Gasteiger partial charge in [-0.1, -0.05) is 54.6 Å². The predicted octanol–water partition coefficient (Wildman–Crippen LogP) is 4.56. The topological polar surface area (TPSA) is 71.2 Å². The molecular formula is C23H22N6. The van der Waals surface area contributed by atoms with E-state index in [9.17, 15) is 0 Å². The minimum atomic E-state index is 0.500. The Hall–Kier alpha value is -3.93. The highest BCUT2D eigenvalue weighted by molar-refractivity contribution is 5.81. The zero-order valence-electron chi connectivity index (χ0n) is 16.2. The molecule has 6 nitrogen and oxygen atoms in total. The molecular weight excluding hydrogens is 360 g/mol. The van der Waals surface area contributed by atoms with Crippen LogP contribution >= 0.6 is 0 Å². The molecule has 4 aromatic rings. The minimum absolute atomic E-state index is 0.500. The van der Waals surface area contributed by atoms with Gasteiger partial charge in [-0.25, -0.2) is 15.0 Å². The van der Waals surface area contributed by atoms with Crippen LogP contribution in [0.3, 0.4) is 0 Å². The van der Waals surface area contributed by atoms with Crippen molar-refractivity contribution in [1.82, 2.24) is 15.0 Å². The summed E-state index contributed by atoms with van der Waals surface area (Å²) >= 11 is 0. The van der Waals surface area contributed by atoms with Gasteiger partial charge in [-0.05, 0) is 29.8 Å². The third kappa shape index (κ3) is 4.01. The maximum absolute atomic E-state index is 6.58. The van der Waals surface area contributed by atoms with Gasteiger partial charge < -0.3 is 15.5 Å². The van der Waals surface area contributed by atoms with Crippen LogP contribution in [0, 0.1) is 0 Å². The van der Waals surface area contributed by atoms with E-state index in [1.165, 1.54) is 0 Å². The first kappa shape index (κ1) is 18.4. The summed E-state index contributed by atoms with van der Waals surface area (Å²) in [6, 6.07) is 26.0.